The van der Waals surface area contributed by atoms with E-state index in [1.165, 1.54) is 30.2 Å². The largest absolute Gasteiger partial charge is 0.484 e. The maximum absolute atomic E-state index is 14.0. The predicted molar refractivity (Wildman–Crippen MR) is 125 cm³/mol. The molecule has 3 aromatic carbocycles. The van der Waals surface area contributed by atoms with Crippen molar-refractivity contribution in [1.29, 1.82) is 0 Å². The number of ether oxygens (including phenoxy) is 1. The van der Waals surface area contributed by atoms with E-state index in [0.29, 0.717) is 13.1 Å². The molecule has 0 N–H and O–H groups in total. The summed E-state index contributed by atoms with van der Waals surface area (Å²) in [4.78, 5) is 28.2. The molecule has 0 aromatic heterocycles. The molecule has 1 fully saturated rings. The van der Waals surface area contributed by atoms with Gasteiger partial charge in [-0.2, -0.15) is 0 Å². The van der Waals surface area contributed by atoms with Gasteiger partial charge in [-0.25, -0.2) is 4.39 Å². The molecule has 0 aliphatic carbocycles. The first-order valence-corrected chi connectivity index (χ1v) is 11.1. The topological polar surface area (TPSA) is 49.9 Å². The number of carbonyl (C=O) groups excluding carboxylic acids is 2. The molecule has 1 amide bonds. The minimum Gasteiger partial charge on any atom is -0.484 e. The summed E-state index contributed by atoms with van der Waals surface area (Å²) in [6.45, 7) is 3.80. The first kappa shape index (κ1) is 22.7. The highest BCUT2D eigenvalue weighted by molar-refractivity contribution is 5.94. The SMILES string of the molecule is CC(=O)c1ccc(OCC(=O)N2CCN(C(c3ccccc3)c3ccccc3)CC2)cc1F. The molecule has 1 aliphatic rings. The molecule has 0 saturated carbocycles. The first-order chi connectivity index (χ1) is 16.0. The van der Waals surface area contributed by atoms with Crippen molar-refractivity contribution < 1.29 is 18.7 Å². The van der Waals surface area contributed by atoms with Gasteiger partial charge in [-0.3, -0.25) is 14.5 Å². The molecule has 33 heavy (non-hydrogen) atoms. The summed E-state index contributed by atoms with van der Waals surface area (Å²) in [5, 5.41) is 0. The molecule has 3 aromatic rings. The molecule has 0 bridgehead atoms. The molecule has 1 aliphatic heterocycles. The van der Waals surface area contributed by atoms with Gasteiger partial charge in [0, 0.05) is 32.2 Å². The Morgan fingerprint density at radius 2 is 1.45 bits per heavy atom. The lowest BCUT2D eigenvalue weighted by molar-refractivity contribution is -0.135. The Morgan fingerprint density at radius 1 is 0.879 bits per heavy atom. The summed E-state index contributed by atoms with van der Waals surface area (Å²) < 4.78 is 19.5. The second-order valence-corrected chi connectivity index (χ2v) is 8.13. The Hall–Kier alpha value is -3.51. The number of rotatable bonds is 7. The molecular weight excluding hydrogens is 419 g/mol. The number of nitrogens with zero attached hydrogens (tertiary/aromatic N) is 2. The number of piperazine rings is 1. The van der Waals surface area contributed by atoms with Crippen LogP contribution in [0.3, 0.4) is 0 Å². The molecule has 0 unspecified atom stereocenters. The highest BCUT2D eigenvalue weighted by Gasteiger charge is 2.28. The number of hydrogen-bond acceptors (Lipinski definition) is 4. The molecule has 0 radical (unpaired) electrons. The Kier molecular flexibility index (Phi) is 7.15. The van der Waals surface area contributed by atoms with E-state index in [1.807, 2.05) is 36.4 Å². The number of carbonyl (C=O) groups is 2. The van der Waals surface area contributed by atoms with Crippen LogP contribution in [0.5, 0.6) is 5.75 Å². The van der Waals surface area contributed by atoms with Crippen LogP contribution in [0.25, 0.3) is 0 Å². The van der Waals surface area contributed by atoms with Crippen molar-refractivity contribution in [1.82, 2.24) is 9.80 Å². The molecule has 1 saturated heterocycles. The van der Waals surface area contributed by atoms with Crippen molar-refractivity contribution in [3.63, 3.8) is 0 Å². The van der Waals surface area contributed by atoms with Gasteiger partial charge in [-0.05, 0) is 30.2 Å². The van der Waals surface area contributed by atoms with Gasteiger partial charge < -0.3 is 9.64 Å². The van der Waals surface area contributed by atoms with Gasteiger partial charge in [0.2, 0.25) is 0 Å². The number of amides is 1. The maximum atomic E-state index is 14.0. The third kappa shape index (κ3) is 5.46. The quantitative estimate of drug-likeness (QED) is 0.507. The Bertz CT molecular complexity index is 1060. The van der Waals surface area contributed by atoms with Crippen LogP contribution in [0.1, 0.15) is 34.5 Å². The van der Waals surface area contributed by atoms with Crippen LogP contribution in [0.15, 0.2) is 78.9 Å². The van der Waals surface area contributed by atoms with Gasteiger partial charge >= 0.3 is 0 Å². The van der Waals surface area contributed by atoms with E-state index in [2.05, 4.69) is 29.2 Å². The van der Waals surface area contributed by atoms with Gasteiger partial charge in [-0.15, -0.1) is 0 Å². The van der Waals surface area contributed by atoms with Crippen molar-refractivity contribution in [2.75, 3.05) is 32.8 Å². The Balaban J connectivity index is 1.37. The summed E-state index contributed by atoms with van der Waals surface area (Å²) in [5.74, 6) is -0.898. The standard InChI is InChI=1S/C27H27FN2O3/c1-20(31)24-13-12-23(18-25(24)28)33-19-26(32)29-14-16-30(17-15-29)27(21-8-4-2-5-9-21)22-10-6-3-7-11-22/h2-13,18,27H,14-17,19H2,1H3. The minimum absolute atomic E-state index is 0.0104. The Labute approximate surface area is 193 Å². The number of hydrogen-bond donors (Lipinski definition) is 0. The van der Waals surface area contributed by atoms with E-state index in [1.54, 1.807) is 4.90 Å². The van der Waals surface area contributed by atoms with Gasteiger partial charge in [0.25, 0.3) is 5.91 Å². The van der Waals surface area contributed by atoms with Crippen molar-refractivity contribution in [2.45, 2.75) is 13.0 Å². The monoisotopic (exact) mass is 446 g/mol. The minimum atomic E-state index is -0.645. The molecule has 170 valence electrons. The van der Waals surface area contributed by atoms with Gasteiger partial charge in [-0.1, -0.05) is 60.7 Å². The average molecular weight is 447 g/mol. The second kappa shape index (κ2) is 10.4. The van der Waals surface area contributed by atoms with E-state index >= 15 is 0 Å². The number of ketones is 1. The van der Waals surface area contributed by atoms with E-state index in [9.17, 15) is 14.0 Å². The zero-order valence-electron chi connectivity index (χ0n) is 18.6. The van der Waals surface area contributed by atoms with E-state index in [-0.39, 0.29) is 35.7 Å². The number of Topliss-reactive ketones (excluding diaryl/α,β-unsaturated/α-hetero) is 1. The first-order valence-electron chi connectivity index (χ1n) is 11.1. The van der Waals surface area contributed by atoms with E-state index in [0.717, 1.165) is 19.2 Å². The summed E-state index contributed by atoms with van der Waals surface area (Å²) in [6.07, 6.45) is 0. The van der Waals surface area contributed by atoms with Crippen molar-refractivity contribution in [2.24, 2.45) is 0 Å². The van der Waals surface area contributed by atoms with Crippen LogP contribution in [-0.2, 0) is 4.79 Å². The normalized spacial score (nSPS) is 14.3. The lowest BCUT2D eigenvalue weighted by atomic mass is 9.96. The van der Waals surface area contributed by atoms with E-state index in [4.69, 9.17) is 4.74 Å². The fourth-order valence-electron chi connectivity index (χ4n) is 4.22. The van der Waals surface area contributed by atoms with Crippen LogP contribution < -0.4 is 4.74 Å². The average Bonchev–Trinajstić information content (AvgIpc) is 2.84. The molecule has 4 rings (SSSR count). The highest BCUT2D eigenvalue weighted by atomic mass is 19.1. The predicted octanol–water partition coefficient (Wildman–Crippen LogP) is 4.34. The number of halogens is 1. The van der Waals surface area contributed by atoms with E-state index < -0.39 is 5.82 Å². The van der Waals surface area contributed by atoms with Crippen LogP contribution >= 0.6 is 0 Å². The van der Waals surface area contributed by atoms with Crippen LogP contribution in [-0.4, -0.2) is 54.3 Å². The smallest absolute Gasteiger partial charge is 0.260 e. The fourth-order valence-corrected chi connectivity index (χ4v) is 4.22. The van der Waals surface area contributed by atoms with Gasteiger partial charge in [0.05, 0.1) is 11.6 Å². The van der Waals surface area contributed by atoms with Gasteiger partial charge in [0.1, 0.15) is 11.6 Å². The fraction of sp³-hybridized carbons (Fsp3) is 0.259. The third-order valence-corrected chi connectivity index (χ3v) is 5.94. The highest BCUT2D eigenvalue weighted by Crippen LogP contribution is 2.29. The molecule has 0 spiro atoms. The summed E-state index contributed by atoms with van der Waals surface area (Å²) in [7, 11) is 0. The van der Waals surface area contributed by atoms with Crippen molar-refractivity contribution >= 4 is 11.7 Å². The third-order valence-electron chi connectivity index (χ3n) is 5.94. The number of benzene rings is 3. The van der Waals surface area contributed by atoms with Crippen LogP contribution in [0.2, 0.25) is 0 Å². The molecule has 1 heterocycles. The summed E-state index contributed by atoms with van der Waals surface area (Å²) in [5.41, 5.74) is 2.46. The molecule has 5 nitrogen and oxygen atoms in total. The Morgan fingerprint density at radius 3 is 1.97 bits per heavy atom. The van der Waals surface area contributed by atoms with Crippen LogP contribution in [0.4, 0.5) is 4.39 Å². The maximum Gasteiger partial charge on any atom is 0.260 e. The molecule has 6 heteroatoms. The summed E-state index contributed by atoms with van der Waals surface area (Å²) in [6, 6.07) is 24.9. The zero-order valence-corrected chi connectivity index (χ0v) is 18.6. The second-order valence-electron chi connectivity index (χ2n) is 8.13. The zero-order chi connectivity index (χ0) is 23.2. The van der Waals surface area contributed by atoms with Gasteiger partial charge in [0.15, 0.2) is 12.4 Å². The van der Waals surface area contributed by atoms with Crippen LogP contribution in [0, 0.1) is 5.82 Å². The van der Waals surface area contributed by atoms with Crippen molar-refractivity contribution in [3.8, 4) is 5.75 Å². The lowest BCUT2D eigenvalue weighted by Gasteiger charge is -2.39. The molecular formula is C27H27FN2O3. The van der Waals surface area contributed by atoms with Crippen molar-refractivity contribution in [3.05, 3.63) is 101 Å². The summed E-state index contributed by atoms with van der Waals surface area (Å²) >= 11 is 0. The molecule has 0 atom stereocenters. The lowest BCUT2D eigenvalue weighted by Crippen LogP contribution is -2.51.